The molecule has 0 saturated carbocycles. The Morgan fingerprint density at radius 1 is 1.29 bits per heavy atom. The first-order valence-electron chi connectivity index (χ1n) is 6.23. The maximum atomic E-state index is 11.5. The third-order valence-electron chi connectivity index (χ3n) is 3.07. The van der Waals surface area contributed by atoms with Crippen LogP contribution in [0.4, 0.5) is 17.1 Å². The van der Waals surface area contributed by atoms with Crippen LogP contribution in [-0.2, 0) is 0 Å². The van der Waals surface area contributed by atoms with Crippen molar-refractivity contribution in [2.75, 3.05) is 18.2 Å². The van der Waals surface area contributed by atoms with Crippen LogP contribution < -0.4 is 21.5 Å². The van der Waals surface area contributed by atoms with Gasteiger partial charge in [0.05, 0.1) is 23.4 Å². The van der Waals surface area contributed by atoms with E-state index in [4.69, 9.17) is 27.8 Å². The molecule has 110 valence electrons. The van der Waals surface area contributed by atoms with E-state index in [1.165, 1.54) is 6.07 Å². The highest BCUT2D eigenvalue weighted by Gasteiger charge is 2.14. The van der Waals surface area contributed by atoms with E-state index in [1.807, 2.05) is 25.1 Å². The number of nitrogens with one attached hydrogen (secondary N) is 1. The van der Waals surface area contributed by atoms with Crippen LogP contribution in [0.1, 0.15) is 15.9 Å². The van der Waals surface area contributed by atoms with Crippen LogP contribution in [0.15, 0.2) is 30.3 Å². The third kappa shape index (κ3) is 3.20. The van der Waals surface area contributed by atoms with E-state index in [1.54, 1.807) is 13.2 Å². The van der Waals surface area contributed by atoms with Crippen molar-refractivity contribution in [3.05, 3.63) is 46.5 Å². The van der Waals surface area contributed by atoms with Crippen molar-refractivity contribution in [1.82, 2.24) is 0 Å². The Labute approximate surface area is 127 Å². The van der Waals surface area contributed by atoms with E-state index >= 15 is 0 Å². The van der Waals surface area contributed by atoms with Crippen LogP contribution in [0.2, 0.25) is 5.02 Å². The zero-order valence-corrected chi connectivity index (χ0v) is 12.5. The number of hydrogen-bond acceptors (Lipinski definition) is 4. The highest BCUT2D eigenvalue weighted by Crippen LogP contribution is 2.33. The number of ether oxygens (including phenoxy) is 1. The number of primary amides is 1. The molecule has 0 atom stereocenters. The number of hydrogen-bond donors (Lipinski definition) is 3. The average Bonchev–Trinajstić information content (AvgIpc) is 2.42. The van der Waals surface area contributed by atoms with Gasteiger partial charge in [0.1, 0.15) is 5.75 Å². The summed E-state index contributed by atoms with van der Waals surface area (Å²) in [6.07, 6.45) is 0. The fourth-order valence-electron chi connectivity index (χ4n) is 1.99. The van der Waals surface area contributed by atoms with Crippen molar-refractivity contribution >= 4 is 34.6 Å². The van der Waals surface area contributed by atoms with Crippen LogP contribution in [0.25, 0.3) is 0 Å². The molecule has 0 aliphatic heterocycles. The quantitative estimate of drug-likeness (QED) is 0.757. The number of carbonyl (C=O) groups is 1. The maximum absolute atomic E-state index is 11.5. The highest BCUT2D eigenvalue weighted by molar-refractivity contribution is 6.34. The molecule has 1 amide bonds. The molecule has 0 aliphatic carbocycles. The molecule has 0 radical (unpaired) electrons. The van der Waals surface area contributed by atoms with Crippen molar-refractivity contribution in [2.24, 2.45) is 5.73 Å². The summed E-state index contributed by atoms with van der Waals surface area (Å²) in [6.45, 7) is 1.92. The normalized spacial score (nSPS) is 10.2. The van der Waals surface area contributed by atoms with Gasteiger partial charge < -0.3 is 21.5 Å². The van der Waals surface area contributed by atoms with Gasteiger partial charge in [-0.05, 0) is 42.8 Å². The Morgan fingerprint density at radius 3 is 2.57 bits per heavy atom. The van der Waals surface area contributed by atoms with Gasteiger partial charge in [-0.25, -0.2) is 0 Å². The number of nitrogens with two attached hydrogens (primary N) is 2. The molecule has 0 unspecified atom stereocenters. The van der Waals surface area contributed by atoms with Crippen LogP contribution in [0, 0.1) is 6.92 Å². The van der Waals surface area contributed by atoms with E-state index in [0.29, 0.717) is 16.4 Å². The number of halogens is 1. The Bertz CT molecular complexity index is 702. The lowest BCUT2D eigenvalue weighted by Gasteiger charge is -2.15. The van der Waals surface area contributed by atoms with E-state index in [2.05, 4.69) is 5.32 Å². The minimum Gasteiger partial charge on any atom is -0.497 e. The maximum Gasteiger partial charge on any atom is 0.250 e. The van der Waals surface area contributed by atoms with Gasteiger partial charge in [0, 0.05) is 11.4 Å². The van der Waals surface area contributed by atoms with Gasteiger partial charge in [-0.3, -0.25) is 4.79 Å². The van der Waals surface area contributed by atoms with Crippen molar-refractivity contribution in [3.8, 4) is 5.75 Å². The molecule has 2 aromatic carbocycles. The summed E-state index contributed by atoms with van der Waals surface area (Å²) in [4.78, 5) is 11.5. The second kappa shape index (κ2) is 5.93. The number of benzene rings is 2. The van der Waals surface area contributed by atoms with Gasteiger partial charge in [0.25, 0.3) is 5.91 Å². The van der Waals surface area contributed by atoms with Gasteiger partial charge in [-0.15, -0.1) is 0 Å². The molecule has 5 N–H and O–H groups in total. The second-order valence-electron chi connectivity index (χ2n) is 4.60. The molecule has 21 heavy (non-hydrogen) atoms. The lowest BCUT2D eigenvalue weighted by Crippen LogP contribution is -2.14. The lowest BCUT2D eigenvalue weighted by molar-refractivity contribution is 0.100. The predicted octanol–water partition coefficient (Wildman–Crippen LogP) is 3.08. The lowest BCUT2D eigenvalue weighted by atomic mass is 10.1. The molecular formula is C15H16ClN3O2. The Hall–Kier alpha value is -2.40. The average molecular weight is 306 g/mol. The first-order chi connectivity index (χ1) is 9.92. The van der Waals surface area contributed by atoms with Gasteiger partial charge >= 0.3 is 0 Å². The van der Waals surface area contributed by atoms with Gasteiger partial charge in [0.2, 0.25) is 0 Å². The summed E-state index contributed by atoms with van der Waals surface area (Å²) >= 11 is 6.16. The number of nitrogen functional groups attached to an aromatic ring is 1. The van der Waals surface area contributed by atoms with Gasteiger partial charge in [0.15, 0.2) is 0 Å². The molecule has 0 fully saturated rings. The third-order valence-corrected chi connectivity index (χ3v) is 3.37. The summed E-state index contributed by atoms with van der Waals surface area (Å²) in [7, 11) is 1.60. The first kappa shape index (κ1) is 15.0. The van der Waals surface area contributed by atoms with E-state index in [-0.39, 0.29) is 5.56 Å². The Kier molecular flexibility index (Phi) is 4.23. The van der Waals surface area contributed by atoms with Crippen molar-refractivity contribution in [1.29, 1.82) is 0 Å². The smallest absolute Gasteiger partial charge is 0.250 e. The van der Waals surface area contributed by atoms with Crippen molar-refractivity contribution in [3.63, 3.8) is 0 Å². The monoisotopic (exact) mass is 305 g/mol. The standard InChI is InChI=1S/C15H16ClN3O2/c1-8-5-10(21-2)3-4-13(8)19-14-11(15(18)20)6-9(17)7-12(14)16/h3-7,19H,17H2,1-2H3,(H2,18,20). The Balaban J connectivity index is 2.46. The van der Waals surface area contributed by atoms with Gasteiger partial charge in [-0.1, -0.05) is 11.6 Å². The summed E-state index contributed by atoms with van der Waals surface area (Å²) < 4.78 is 5.16. The highest BCUT2D eigenvalue weighted by atomic mass is 35.5. The Morgan fingerprint density at radius 2 is 2.00 bits per heavy atom. The molecule has 0 bridgehead atoms. The topological polar surface area (TPSA) is 90.4 Å². The molecule has 2 rings (SSSR count). The molecule has 0 spiro atoms. The van der Waals surface area contributed by atoms with E-state index < -0.39 is 5.91 Å². The van der Waals surface area contributed by atoms with E-state index in [9.17, 15) is 4.79 Å². The molecule has 0 aliphatic rings. The number of carbonyl (C=O) groups excluding carboxylic acids is 1. The number of aryl methyl sites for hydroxylation is 1. The fraction of sp³-hybridized carbons (Fsp3) is 0.133. The number of rotatable bonds is 4. The molecule has 6 heteroatoms. The van der Waals surface area contributed by atoms with Crippen molar-refractivity contribution in [2.45, 2.75) is 6.92 Å². The molecule has 0 heterocycles. The number of amides is 1. The van der Waals surface area contributed by atoms with Crippen molar-refractivity contribution < 1.29 is 9.53 Å². The fourth-order valence-corrected chi connectivity index (χ4v) is 2.26. The molecular weight excluding hydrogens is 290 g/mol. The van der Waals surface area contributed by atoms with Gasteiger partial charge in [-0.2, -0.15) is 0 Å². The second-order valence-corrected chi connectivity index (χ2v) is 5.00. The number of anilines is 3. The van der Waals surface area contributed by atoms with Crippen LogP contribution in [0.5, 0.6) is 5.75 Å². The zero-order valence-electron chi connectivity index (χ0n) is 11.7. The number of methoxy groups -OCH3 is 1. The molecule has 2 aromatic rings. The SMILES string of the molecule is COc1ccc(Nc2c(Cl)cc(N)cc2C(N)=O)c(C)c1. The molecule has 0 aromatic heterocycles. The summed E-state index contributed by atoms with van der Waals surface area (Å²) in [5.74, 6) is 0.148. The summed E-state index contributed by atoms with van der Waals surface area (Å²) in [5, 5.41) is 3.46. The zero-order chi connectivity index (χ0) is 15.6. The minimum absolute atomic E-state index is 0.246. The minimum atomic E-state index is -0.599. The summed E-state index contributed by atoms with van der Waals surface area (Å²) in [5.41, 5.74) is 13.9. The van der Waals surface area contributed by atoms with E-state index in [0.717, 1.165) is 17.0 Å². The van der Waals surface area contributed by atoms with Crippen LogP contribution in [0.3, 0.4) is 0 Å². The summed E-state index contributed by atoms with van der Waals surface area (Å²) in [6, 6.07) is 8.58. The molecule has 0 saturated heterocycles. The van der Waals surface area contributed by atoms with Crippen LogP contribution >= 0.6 is 11.6 Å². The van der Waals surface area contributed by atoms with Crippen LogP contribution in [-0.4, -0.2) is 13.0 Å². The largest absolute Gasteiger partial charge is 0.497 e. The first-order valence-corrected chi connectivity index (χ1v) is 6.60. The molecule has 5 nitrogen and oxygen atoms in total. The predicted molar refractivity (Wildman–Crippen MR) is 85.4 cm³/mol.